The van der Waals surface area contributed by atoms with Gasteiger partial charge in [-0.25, -0.2) is 0 Å². The number of carbonyl (C=O) groups excluding carboxylic acids is 1. The second-order valence-electron chi connectivity index (χ2n) is 6.22. The number of anilines is 2. The maximum atomic E-state index is 11.4. The highest BCUT2D eigenvalue weighted by atomic mass is 16.1. The van der Waals surface area contributed by atoms with Gasteiger partial charge in [-0.2, -0.15) is 0 Å². The molecule has 0 aromatic heterocycles. The summed E-state index contributed by atoms with van der Waals surface area (Å²) >= 11 is 0. The van der Waals surface area contributed by atoms with Crippen molar-refractivity contribution in [1.29, 1.82) is 0 Å². The molecule has 1 amide bonds. The lowest BCUT2D eigenvalue weighted by atomic mass is 9.90. The van der Waals surface area contributed by atoms with Gasteiger partial charge in [0.05, 0.1) is 6.04 Å². The van der Waals surface area contributed by atoms with Crippen molar-refractivity contribution in [2.24, 2.45) is 0 Å². The van der Waals surface area contributed by atoms with Crippen LogP contribution in [0.2, 0.25) is 0 Å². The number of hydrogen-bond acceptors (Lipinski definition) is 2. The van der Waals surface area contributed by atoms with Crippen molar-refractivity contribution in [2.75, 3.05) is 10.2 Å². The van der Waals surface area contributed by atoms with Crippen LogP contribution in [0.5, 0.6) is 0 Å². The molecule has 114 valence electrons. The Balaban J connectivity index is 1.96. The van der Waals surface area contributed by atoms with E-state index < -0.39 is 0 Å². The van der Waals surface area contributed by atoms with Gasteiger partial charge in [-0.15, -0.1) is 0 Å². The van der Waals surface area contributed by atoms with Crippen molar-refractivity contribution < 1.29 is 4.79 Å². The second kappa shape index (κ2) is 5.84. The van der Waals surface area contributed by atoms with E-state index in [9.17, 15) is 4.79 Å². The van der Waals surface area contributed by atoms with Gasteiger partial charge in [-0.3, -0.25) is 4.79 Å². The van der Waals surface area contributed by atoms with Crippen molar-refractivity contribution in [1.82, 2.24) is 0 Å². The lowest BCUT2D eigenvalue weighted by molar-refractivity contribution is -0.107. The fourth-order valence-corrected chi connectivity index (χ4v) is 3.16. The van der Waals surface area contributed by atoms with Crippen LogP contribution in [0.1, 0.15) is 36.1 Å². The first-order valence-electron chi connectivity index (χ1n) is 7.76. The van der Waals surface area contributed by atoms with Gasteiger partial charge in [0.1, 0.15) is 0 Å². The first kappa shape index (κ1) is 14.6. The minimum absolute atomic E-state index is 0.190. The topological polar surface area (TPSA) is 32.3 Å². The summed E-state index contributed by atoms with van der Waals surface area (Å²) in [5.74, 6) is 0. The van der Waals surface area contributed by atoms with Gasteiger partial charge < -0.3 is 10.2 Å². The fourth-order valence-electron chi connectivity index (χ4n) is 3.16. The SMILES string of the molecule is Cc1ccc(N[C@@H]2C[C@@H](C)N(C=O)c3ccc(C)cc32)cc1. The van der Waals surface area contributed by atoms with Crippen LogP contribution in [0.4, 0.5) is 11.4 Å². The van der Waals surface area contributed by atoms with Crippen LogP contribution >= 0.6 is 0 Å². The molecule has 2 atom stereocenters. The molecule has 0 saturated carbocycles. The van der Waals surface area contributed by atoms with Gasteiger partial charge in [0.15, 0.2) is 0 Å². The Kier molecular flexibility index (Phi) is 3.88. The lowest BCUT2D eigenvalue weighted by Gasteiger charge is -2.38. The van der Waals surface area contributed by atoms with E-state index in [0.717, 1.165) is 24.2 Å². The van der Waals surface area contributed by atoms with Crippen molar-refractivity contribution >= 4 is 17.8 Å². The molecule has 1 aliphatic heterocycles. The van der Waals surface area contributed by atoms with Gasteiger partial charge in [0.25, 0.3) is 0 Å². The average Bonchev–Trinajstić information content (AvgIpc) is 2.50. The standard InChI is InChI=1S/C19H22N2O/c1-13-4-7-16(8-5-13)20-18-11-15(3)21(12-22)19-9-6-14(2)10-17(18)19/h4-10,12,15,18,20H,11H2,1-3H3/t15-,18-/m1/s1. The Hall–Kier alpha value is -2.29. The van der Waals surface area contributed by atoms with Crippen molar-refractivity contribution in [3.8, 4) is 0 Å². The monoisotopic (exact) mass is 294 g/mol. The van der Waals surface area contributed by atoms with Gasteiger partial charge in [-0.05, 0) is 51.0 Å². The largest absolute Gasteiger partial charge is 0.378 e. The number of hydrogen-bond donors (Lipinski definition) is 1. The molecule has 0 radical (unpaired) electrons. The van der Waals surface area contributed by atoms with Crippen LogP contribution < -0.4 is 10.2 Å². The predicted octanol–water partition coefficient (Wildman–Crippen LogP) is 4.21. The minimum atomic E-state index is 0.190. The Labute approximate surface area is 132 Å². The first-order valence-corrected chi connectivity index (χ1v) is 7.76. The summed E-state index contributed by atoms with van der Waals surface area (Å²) in [5.41, 5.74) is 5.81. The van der Waals surface area contributed by atoms with Gasteiger partial charge in [0, 0.05) is 17.4 Å². The molecule has 1 heterocycles. The summed E-state index contributed by atoms with van der Waals surface area (Å²) in [4.78, 5) is 13.3. The Morgan fingerprint density at radius 3 is 2.45 bits per heavy atom. The van der Waals surface area contributed by atoms with E-state index in [1.807, 2.05) is 4.90 Å². The zero-order valence-electron chi connectivity index (χ0n) is 13.3. The number of amides is 1. The zero-order chi connectivity index (χ0) is 15.7. The predicted molar refractivity (Wildman–Crippen MR) is 91.3 cm³/mol. The van der Waals surface area contributed by atoms with Crippen molar-refractivity contribution in [3.05, 3.63) is 59.2 Å². The van der Waals surface area contributed by atoms with Gasteiger partial charge >= 0.3 is 0 Å². The second-order valence-corrected chi connectivity index (χ2v) is 6.22. The third kappa shape index (κ3) is 2.71. The Morgan fingerprint density at radius 1 is 1.09 bits per heavy atom. The maximum Gasteiger partial charge on any atom is 0.214 e. The van der Waals surface area contributed by atoms with Crippen LogP contribution in [0.15, 0.2) is 42.5 Å². The van der Waals surface area contributed by atoms with E-state index >= 15 is 0 Å². The number of nitrogens with one attached hydrogen (secondary N) is 1. The van der Waals surface area contributed by atoms with Crippen LogP contribution in [-0.2, 0) is 4.79 Å². The maximum absolute atomic E-state index is 11.4. The number of benzene rings is 2. The average molecular weight is 294 g/mol. The summed E-state index contributed by atoms with van der Waals surface area (Å²) in [6, 6.07) is 15.2. The van der Waals surface area contributed by atoms with Crippen LogP contribution in [0, 0.1) is 13.8 Å². The molecule has 0 aliphatic carbocycles. The van der Waals surface area contributed by atoms with Crippen molar-refractivity contribution in [2.45, 2.75) is 39.3 Å². The molecule has 0 fully saturated rings. The summed E-state index contributed by atoms with van der Waals surface area (Å²) in [5, 5.41) is 3.62. The molecule has 1 N–H and O–H groups in total. The summed E-state index contributed by atoms with van der Waals surface area (Å²) < 4.78 is 0. The van der Waals surface area contributed by atoms with Gasteiger partial charge in [-0.1, -0.05) is 35.4 Å². The molecule has 3 heteroatoms. The molecule has 1 aliphatic rings. The molecule has 3 nitrogen and oxygen atoms in total. The minimum Gasteiger partial charge on any atom is -0.378 e. The third-order valence-electron chi connectivity index (χ3n) is 4.39. The molecule has 0 unspecified atom stereocenters. The highest BCUT2D eigenvalue weighted by Crippen LogP contribution is 2.38. The molecule has 2 aromatic rings. The van der Waals surface area contributed by atoms with Crippen LogP contribution in [-0.4, -0.2) is 12.5 Å². The molecule has 2 aromatic carbocycles. The van der Waals surface area contributed by atoms with Crippen LogP contribution in [0.25, 0.3) is 0 Å². The lowest BCUT2D eigenvalue weighted by Crippen LogP contribution is -2.39. The normalized spacial score (nSPS) is 20.4. The molecule has 0 bridgehead atoms. The van der Waals surface area contributed by atoms with E-state index in [2.05, 4.69) is 68.6 Å². The summed E-state index contributed by atoms with van der Waals surface area (Å²) in [6.07, 6.45) is 1.85. The molecular weight excluding hydrogens is 272 g/mol. The number of nitrogens with zero attached hydrogens (tertiary/aromatic N) is 1. The smallest absolute Gasteiger partial charge is 0.214 e. The first-order chi connectivity index (χ1) is 10.6. The van der Waals surface area contributed by atoms with Crippen LogP contribution in [0.3, 0.4) is 0 Å². The quantitative estimate of drug-likeness (QED) is 0.860. The number of carbonyl (C=O) groups is 1. The number of rotatable bonds is 3. The molecule has 3 rings (SSSR count). The van der Waals surface area contributed by atoms with Crippen molar-refractivity contribution in [3.63, 3.8) is 0 Å². The molecule has 0 spiro atoms. The molecular formula is C19H22N2O. The Morgan fingerprint density at radius 2 is 1.77 bits per heavy atom. The van der Waals surface area contributed by atoms with E-state index in [1.54, 1.807) is 0 Å². The highest BCUT2D eigenvalue weighted by molar-refractivity contribution is 5.80. The molecule has 0 saturated heterocycles. The Bertz CT molecular complexity index is 678. The third-order valence-corrected chi connectivity index (χ3v) is 4.39. The highest BCUT2D eigenvalue weighted by Gasteiger charge is 2.29. The van der Waals surface area contributed by atoms with E-state index in [0.29, 0.717) is 0 Å². The molecule has 22 heavy (non-hydrogen) atoms. The van der Waals surface area contributed by atoms with E-state index in [4.69, 9.17) is 0 Å². The summed E-state index contributed by atoms with van der Waals surface area (Å²) in [6.45, 7) is 6.28. The summed E-state index contributed by atoms with van der Waals surface area (Å²) in [7, 11) is 0. The van der Waals surface area contributed by atoms with E-state index in [-0.39, 0.29) is 12.1 Å². The zero-order valence-corrected chi connectivity index (χ0v) is 13.3. The number of aryl methyl sites for hydroxylation is 2. The number of fused-ring (bicyclic) bond motifs is 1. The fraction of sp³-hybridized carbons (Fsp3) is 0.316. The van der Waals surface area contributed by atoms with Gasteiger partial charge in [0.2, 0.25) is 6.41 Å². The van der Waals surface area contributed by atoms with E-state index in [1.165, 1.54) is 16.7 Å².